The van der Waals surface area contributed by atoms with Crippen molar-refractivity contribution in [2.75, 3.05) is 27.3 Å². The molecule has 4 atom stereocenters. The predicted octanol–water partition coefficient (Wildman–Crippen LogP) is 7.08. The minimum atomic E-state index is -0.416. The number of aliphatic imine (C=N–C) groups is 1. The summed E-state index contributed by atoms with van der Waals surface area (Å²) in [6.45, 7) is 9.29. The number of hydrogen-bond donors (Lipinski definition) is 1. The Balaban J connectivity index is 1.02. The normalized spacial score (nSPS) is 19.4. The van der Waals surface area contributed by atoms with E-state index in [-0.39, 0.29) is 60.5 Å². The van der Waals surface area contributed by atoms with Gasteiger partial charge in [-0.1, -0.05) is 45.9 Å². The third-order valence-corrected chi connectivity index (χ3v) is 11.8. The Morgan fingerprint density at radius 2 is 1.33 bits per heavy atom. The first-order valence-electron chi connectivity index (χ1n) is 19.9. The average Bonchev–Trinajstić information content (AvgIpc) is 3.98. The number of H-pyrrole nitrogens is 1. The first kappa shape index (κ1) is 39.2. The maximum absolute atomic E-state index is 13.6. The molecule has 1 aromatic heterocycles. The van der Waals surface area contributed by atoms with Gasteiger partial charge >= 0.3 is 11.9 Å². The highest BCUT2D eigenvalue weighted by Gasteiger charge is 2.40. The van der Waals surface area contributed by atoms with Crippen LogP contribution in [0.2, 0.25) is 0 Å². The van der Waals surface area contributed by atoms with Crippen LogP contribution in [-0.2, 0) is 47.9 Å². The Morgan fingerprint density at radius 1 is 0.778 bits per heavy atom. The number of methoxy groups -OCH3 is 2. The number of esters is 2. The van der Waals surface area contributed by atoms with Gasteiger partial charge in [-0.3, -0.25) is 24.2 Å². The van der Waals surface area contributed by atoms with Crippen molar-refractivity contribution in [1.29, 1.82) is 0 Å². The summed E-state index contributed by atoms with van der Waals surface area (Å²) in [6, 6.07) is 12.8. The van der Waals surface area contributed by atoms with Gasteiger partial charge < -0.3 is 24.3 Å². The van der Waals surface area contributed by atoms with Crippen molar-refractivity contribution in [1.82, 2.24) is 19.8 Å². The lowest BCUT2D eigenvalue weighted by atomic mass is 9.90. The molecule has 2 aromatic carbocycles. The number of hydrogen-bond acceptors (Lipinski definition) is 8. The van der Waals surface area contributed by atoms with E-state index in [1.54, 1.807) is 0 Å². The zero-order valence-corrected chi connectivity index (χ0v) is 32.9. The lowest BCUT2D eigenvalue weighted by Crippen LogP contribution is -2.45. The molecule has 11 nitrogen and oxygen atoms in total. The van der Waals surface area contributed by atoms with E-state index >= 15 is 0 Å². The van der Waals surface area contributed by atoms with Crippen molar-refractivity contribution in [2.45, 2.75) is 110 Å². The summed E-state index contributed by atoms with van der Waals surface area (Å²) >= 11 is 0. The van der Waals surface area contributed by atoms with Gasteiger partial charge in [0, 0.05) is 25.2 Å². The maximum atomic E-state index is 13.6. The number of ether oxygens (including phenoxy) is 2. The van der Waals surface area contributed by atoms with Gasteiger partial charge in [0.25, 0.3) is 0 Å². The molecule has 0 aliphatic carbocycles. The lowest BCUT2D eigenvalue weighted by Gasteiger charge is -2.30. The number of imidazole rings is 1. The summed E-state index contributed by atoms with van der Waals surface area (Å²) in [5.74, 6) is -0.608. The largest absolute Gasteiger partial charge is 0.469 e. The molecule has 3 aliphatic heterocycles. The van der Waals surface area contributed by atoms with Gasteiger partial charge in [-0.2, -0.15) is 0 Å². The monoisotopic (exact) mass is 739 g/mol. The van der Waals surface area contributed by atoms with Gasteiger partial charge in [-0.05, 0) is 98.1 Å². The smallest absolute Gasteiger partial charge is 0.306 e. The number of amides is 2. The van der Waals surface area contributed by atoms with Crippen LogP contribution in [0.15, 0.2) is 41.4 Å². The van der Waals surface area contributed by atoms with Gasteiger partial charge in [-0.25, -0.2) is 4.98 Å². The quantitative estimate of drug-likeness (QED) is 0.130. The Morgan fingerprint density at radius 3 is 1.93 bits per heavy atom. The molecule has 6 rings (SSSR count). The standard InChI is InChI=1S/C43H57N5O6/c1-26(2)31(24-39(49)53-5)42(51)47-19-9-13-37(47)36-23-30-21-28(15-17-33(30)44-36)11-7-8-12-29-16-18-34-35(22-29)46-41(45-34)38-14-10-20-48(38)43(52)32(27(3)4)25-40(50)54-6/h15-18,21-22,26-27,31-32,37-38H,7-14,19-20,23-25H2,1-6H3,(H,45,46)/t31?,32-,37-,38-/m0/s1. The third kappa shape index (κ3) is 8.71. The number of nitrogens with one attached hydrogen (secondary N) is 1. The van der Waals surface area contributed by atoms with E-state index in [1.165, 1.54) is 30.9 Å². The molecule has 54 heavy (non-hydrogen) atoms. The summed E-state index contributed by atoms with van der Waals surface area (Å²) in [4.78, 5) is 68.7. The van der Waals surface area contributed by atoms with Crippen LogP contribution in [0.5, 0.6) is 0 Å². The number of aryl methyl sites for hydroxylation is 2. The number of aromatic amines is 1. The van der Waals surface area contributed by atoms with E-state index in [2.05, 4.69) is 41.4 Å². The number of carbonyl (C=O) groups is 4. The van der Waals surface area contributed by atoms with Gasteiger partial charge in [0.1, 0.15) is 5.82 Å². The fraction of sp³-hybridized carbons (Fsp3) is 0.581. The molecular formula is C43H57N5O6. The number of rotatable bonds is 15. The molecule has 3 aliphatic rings. The van der Waals surface area contributed by atoms with Crippen molar-refractivity contribution < 1.29 is 28.7 Å². The molecule has 2 fully saturated rings. The molecule has 1 N–H and O–H groups in total. The van der Waals surface area contributed by atoms with Crippen molar-refractivity contribution in [2.24, 2.45) is 28.7 Å². The van der Waals surface area contributed by atoms with Crippen molar-refractivity contribution in [3.63, 3.8) is 0 Å². The number of likely N-dealkylation sites (tertiary alicyclic amines) is 2. The van der Waals surface area contributed by atoms with Crippen molar-refractivity contribution >= 4 is 46.2 Å². The van der Waals surface area contributed by atoms with Gasteiger partial charge in [0.05, 0.1) is 67.7 Å². The molecule has 0 saturated carbocycles. The van der Waals surface area contributed by atoms with Crippen LogP contribution in [-0.4, -0.2) is 82.6 Å². The van der Waals surface area contributed by atoms with E-state index in [0.717, 1.165) is 86.0 Å². The van der Waals surface area contributed by atoms with Crippen molar-refractivity contribution in [3.8, 4) is 0 Å². The highest BCUT2D eigenvalue weighted by atomic mass is 16.5. The number of fused-ring (bicyclic) bond motifs is 2. The molecule has 0 spiro atoms. The Kier molecular flexibility index (Phi) is 12.5. The molecular weight excluding hydrogens is 683 g/mol. The minimum absolute atomic E-state index is 0.00352. The van der Waals surface area contributed by atoms with Crippen LogP contribution < -0.4 is 0 Å². The molecule has 1 unspecified atom stereocenters. The Hall–Kier alpha value is -4.54. The molecule has 2 amide bonds. The van der Waals surface area contributed by atoms with Crippen LogP contribution in [0.4, 0.5) is 5.69 Å². The van der Waals surface area contributed by atoms with Crippen LogP contribution in [0.25, 0.3) is 11.0 Å². The average molecular weight is 740 g/mol. The van der Waals surface area contributed by atoms with Gasteiger partial charge in [0.15, 0.2) is 0 Å². The third-order valence-electron chi connectivity index (χ3n) is 11.8. The molecule has 2 saturated heterocycles. The maximum Gasteiger partial charge on any atom is 0.306 e. The van der Waals surface area contributed by atoms with Gasteiger partial charge in [0.2, 0.25) is 11.8 Å². The summed E-state index contributed by atoms with van der Waals surface area (Å²) in [5.41, 5.74) is 7.72. The molecule has 0 bridgehead atoms. The second kappa shape index (κ2) is 17.3. The number of unbranched alkanes of at least 4 members (excludes halogenated alkanes) is 1. The van der Waals surface area contributed by atoms with Crippen LogP contribution in [0.3, 0.4) is 0 Å². The number of benzene rings is 2. The van der Waals surface area contributed by atoms with E-state index in [0.29, 0.717) is 13.1 Å². The van der Waals surface area contributed by atoms with Crippen LogP contribution in [0.1, 0.15) is 108 Å². The molecule has 11 heteroatoms. The summed E-state index contributed by atoms with van der Waals surface area (Å²) in [6.07, 6.45) is 8.58. The lowest BCUT2D eigenvalue weighted by molar-refractivity contribution is -0.148. The fourth-order valence-corrected chi connectivity index (χ4v) is 8.53. The zero-order chi connectivity index (χ0) is 38.5. The first-order valence-corrected chi connectivity index (χ1v) is 19.9. The topological polar surface area (TPSA) is 134 Å². The second-order valence-electron chi connectivity index (χ2n) is 16.1. The number of aromatic nitrogens is 2. The van der Waals surface area contributed by atoms with E-state index < -0.39 is 11.8 Å². The van der Waals surface area contributed by atoms with E-state index in [1.807, 2.05) is 37.5 Å². The Bertz CT molecular complexity index is 1880. The summed E-state index contributed by atoms with van der Waals surface area (Å²) < 4.78 is 9.76. The second-order valence-corrected chi connectivity index (χ2v) is 16.1. The highest BCUT2D eigenvalue weighted by Crippen LogP contribution is 2.36. The van der Waals surface area contributed by atoms with Crippen LogP contribution in [0, 0.1) is 23.7 Å². The molecule has 290 valence electrons. The molecule has 4 heterocycles. The minimum Gasteiger partial charge on any atom is -0.469 e. The van der Waals surface area contributed by atoms with Gasteiger partial charge in [-0.15, -0.1) is 0 Å². The summed E-state index contributed by atoms with van der Waals surface area (Å²) in [7, 11) is 2.73. The number of nitrogens with zero attached hydrogens (tertiary/aromatic N) is 4. The first-order chi connectivity index (χ1) is 26.0. The van der Waals surface area contributed by atoms with E-state index in [4.69, 9.17) is 19.5 Å². The Labute approximate surface area is 319 Å². The SMILES string of the molecule is COC(=O)CC(C(=O)N1CCC[C@H]1C1=Nc2ccc(CCCCc3ccc4nc([C@@H]5CCCN5C(=O)[C@@H](CC(=O)OC)C(C)C)[nH]c4c3)cc2C1)C(C)C. The fourth-order valence-electron chi connectivity index (χ4n) is 8.53. The predicted molar refractivity (Wildman–Crippen MR) is 208 cm³/mol. The van der Waals surface area contributed by atoms with E-state index in [9.17, 15) is 19.2 Å². The zero-order valence-electron chi connectivity index (χ0n) is 32.9. The highest BCUT2D eigenvalue weighted by molar-refractivity contribution is 6.00. The van der Waals surface area contributed by atoms with Crippen LogP contribution >= 0.6 is 0 Å². The molecule has 3 aromatic rings. The number of carbonyl (C=O) groups excluding carboxylic acids is 4. The summed E-state index contributed by atoms with van der Waals surface area (Å²) in [5, 5.41) is 0. The van der Waals surface area contributed by atoms with Crippen molar-refractivity contribution in [3.05, 3.63) is 58.9 Å². The molecule has 0 radical (unpaired) electrons.